The van der Waals surface area contributed by atoms with Gasteiger partial charge in [0.2, 0.25) is 10.0 Å². The van der Waals surface area contributed by atoms with Crippen LogP contribution in [0.4, 0.5) is 0 Å². The summed E-state index contributed by atoms with van der Waals surface area (Å²) >= 11 is 0. The van der Waals surface area contributed by atoms with Crippen LogP contribution in [-0.4, -0.2) is 55.5 Å². The summed E-state index contributed by atoms with van der Waals surface area (Å²) in [5.74, 6) is -0.0134. The molecule has 0 aliphatic carbocycles. The van der Waals surface area contributed by atoms with E-state index in [0.29, 0.717) is 49.5 Å². The van der Waals surface area contributed by atoms with Crippen LogP contribution in [0.15, 0.2) is 35.2 Å². The van der Waals surface area contributed by atoms with Crippen molar-refractivity contribution in [3.8, 4) is 0 Å². The standard InChI is InChI=1S/C25H32N2O4S/c1-17-14-20(4)23(21(5)15-17)32(29,30)27-12-13-31-25(27)8-10-26(11-9-25)24(28)22-7-6-18(2)19(3)16-22/h6-7,14-16H,8-13H2,1-5H3. The maximum absolute atomic E-state index is 13.7. The largest absolute Gasteiger partial charge is 0.358 e. The Morgan fingerprint density at radius 1 is 0.875 bits per heavy atom. The van der Waals surface area contributed by atoms with E-state index in [-0.39, 0.29) is 5.91 Å². The highest BCUT2D eigenvalue weighted by atomic mass is 32.2. The van der Waals surface area contributed by atoms with Gasteiger partial charge < -0.3 is 9.64 Å². The first-order valence-electron chi connectivity index (χ1n) is 11.2. The van der Waals surface area contributed by atoms with Crippen molar-refractivity contribution in [3.63, 3.8) is 0 Å². The molecule has 2 aromatic carbocycles. The Morgan fingerprint density at radius 2 is 1.50 bits per heavy atom. The zero-order valence-corrected chi connectivity index (χ0v) is 20.4. The molecule has 0 unspecified atom stereocenters. The highest BCUT2D eigenvalue weighted by Crippen LogP contribution is 2.40. The van der Waals surface area contributed by atoms with Crippen LogP contribution in [0.25, 0.3) is 0 Å². The van der Waals surface area contributed by atoms with Gasteiger partial charge in [-0.2, -0.15) is 4.31 Å². The number of likely N-dealkylation sites (tertiary alicyclic amines) is 1. The van der Waals surface area contributed by atoms with E-state index in [1.165, 1.54) is 0 Å². The van der Waals surface area contributed by atoms with Gasteiger partial charge in [-0.15, -0.1) is 0 Å². The predicted octanol–water partition coefficient (Wildman–Crippen LogP) is 3.88. The van der Waals surface area contributed by atoms with Crippen LogP contribution in [0.1, 0.15) is 51.0 Å². The number of hydrogen-bond acceptors (Lipinski definition) is 4. The number of hydrogen-bond donors (Lipinski definition) is 0. The second-order valence-corrected chi connectivity index (χ2v) is 11.0. The maximum atomic E-state index is 13.7. The first-order chi connectivity index (χ1) is 15.0. The minimum Gasteiger partial charge on any atom is -0.358 e. The molecule has 2 aliphatic rings. The van der Waals surface area contributed by atoms with Gasteiger partial charge in [-0.25, -0.2) is 8.42 Å². The lowest BCUT2D eigenvalue weighted by Gasteiger charge is -2.43. The smallest absolute Gasteiger partial charge is 0.253 e. The summed E-state index contributed by atoms with van der Waals surface area (Å²) in [6.07, 6.45) is 0.930. The monoisotopic (exact) mass is 456 g/mol. The topological polar surface area (TPSA) is 66.9 Å². The molecule has 7 heteroatoms. The average Bonchev–Trinajstić information content (AvgIpc) is 3.13. The molecule has 172 valence electrons. The first kappa shape index (κ1) is 23.0. The molecule has 1 spiro atoms. The molecule has 2 fully saturated rings. The summed E-state index contributed by atoms with van der Waals surface area (Å²) in [7, 11) is -3.72. The van der Waals surface area contributed by atoms with E-state index in [1.807, 2.05) is 69.9 Å². The number of piperidine rings is 1. The van der Waals surface area contributed by atoms with Crippen molar-refractivity contribution >= 4 is 15.9 Å². The minimum absolute atomic E-state index is 0.0134. The van der Waals surface area contributed by atoms with E-state index in [9.17, 15) is 13.2 Å². The zero-order valence-electron chi connectivity index (χ0n) is 19.6. The zero-order chi connectivity index (χ0) is 23.3. The number of aryl methyl sites for hydroxylation is 5. The molecule has 2 aromatic rings. The summed E-state index contributed by atoms with van der Waals surface area (Å²) in [4.78, 5) is 15.2. The summed E-state index contributed by atoms with van der Waals surface area (Å²) < 4.78 is 35.1. The van der Waals surface area contributed by atoms with Crippen LogP contribution in [0.5, 0.6) is 0 Å². The molecule has 0 bridgehead atoms. The van der Waals surface area contributed by atoms with Gasteiger partial charge in [0, 0.05) is 38.0 Å². The molecular weight excluding hydrogens is 424 g/mol. The number of benzene rings is 2. The van der Waals surface area contributed by atoms with Crippen LogP contribution in [-0.2, 0) is 14.8 Å². The van der Waals surface area contributed by atoms with Crippen molar-refractivity contribution in [3.05, 3.63) is 63.7 Å². The van der Waals surface area contributed by atoms with Gasteiger partial charge in [0.15, 0.2) is 0 Å². The fourth-order valence-electron chi connectivity index (χ4n) is 5.13. The van der Waals surface area contributed by atoms with Crippen molar-refractivity contribution in [1.82, 2.24) is 9.21 Å². The number of nitrogens with zero attached hydrogens (tertiary/aromatic N) is 2. The number of amides is 1. The Hall–Kier alpha value is -2.22. The average molecular weight is 457 g/mol. The molecule has 2 saturated heterocycles. The van der Waals surface area contributed by atoms with Gasteiger partial charge in [-0.3, -0.25) is 4.79 Å². The van der Waals surface area contributed by atoms with Crippen LogP contribution in [0, 0.1) is 34.6 Å². The fraction of sp³-hybridized carbons (Fsp3) is 0.480. The molecule has 2 heterocycles. The summed E-state index contributed by atoms with van der Waals surface area (Å²) in [6, 6.07) is 9.58. The number of carbonyl (C=O) groups is 1. The van der Waals surface area contributed by atoms with E-state index in [0.717, 1.165) is 27.8 Å². The quantitative estimate of drug-likeness (QED) is 0.703. The Bertz CT molecular complexity index is 1140. The van der Waals surface area contributed by atoms with Crippen molar-refractivity contribution < 1.29 is 17.9 Å². The Kier molecular flexibility index (Phi) is 5.94. The lowest BCUT2D eigenvalue weighted by atomic mass is 9.99. The van der Waals surface area contributed by atoms with Gasteiger partial charge >= 0.3 is 0 Å². The molecular formula is C25H32N2O4S. The summed E-state index contributed by atoms with van der Waals surface area (Å²) in [5.41, 5.74) is 4.59. The number of ether oxygens (including phenoxy) is 1. The van der Waals surface area contributed by atoms with Gasteiger partial charge in [0.05, 0.1) is 11.5 Å². The van der Waals surface area contributed by atoms with E-state index in [1.54, 1.807) is 4.31 Å². The minimum atomic E-state index is -3.72. The molecule has 0 atom stereocenters. The first-order valence-corrected chi connectivity index (χ1v) is 12.6. The van der Waals surface area contributed by atoms with Crippen molar-refractivity contribution in [2.45, 2.75) is 58.1 Å². The second kappa shape index (κ2) is 8.28. The van der Waals surface area contributed by atoms with Crippen molar-refractivity contribution in [2.24, 2.45) is 0 Å². The molecule has 32 heavy (non-hydrogen) atoms. The van der Waals surface area contributed by atoms with Crippen LogP contribution in [0.3, 0.4) is 0 Å². The Balaban J connectivity index is 1.57. The highest BCUT2D eigenvalue weighted by molar-refractivity contribution is 7.89. The van der Waals surface area contributed by atoms with Gasteiger partial charge in [-0.05, 0) is 69.0 Å². The summed E-state index contributed by atoms with van der Waals surface area (Å²) in [6.45, 7) is 11.3. The fourth-order valence-corrected chi connectivity index (χ4v) is 7.27. The van der Waals surface area contributed by atoms with E-state index in [4.69, 9.17) is 4.74 Å². The molecule has 0 aromatic heterocycles. The van der Waals surface area contributed by atoms with Crippen LogP contribution < -0.4 is 0 Å². The lowest BCUT2D eigenvalue weighted by Crippen LogP contribution is -2.55. The van der Waals surface area contributed by atoms with Crippen LogP contribution in [0.2, 0.25) is 0 Å². The molecule has 6 nitrogen and oxygen atoms in total. The van der Waals surface area contributed by atoms with E-state index in [2.05, 4.69) is 0 Å². The molecule has 0 radical (unpaired) electrons. The third-order valence-corrected chi connectivity index (χ3v) is 9.11. The maximum Gasteiger partial charge on any atom is 0.253 e. The number of rotatable bonds is 3. The highest BCUT2D eigenvalue weighted by Gasteiger charge is 2.51. The second-order valence-electron chi connectivity index (χ2n) is 9.19. The number of sulfonamides is 1. The molecule has 1 amide bonds. The molecule has 2 aliphatic heterocycles. The lowest BCUT2D eigenvalue weighted by molar-refractivity contribution is -0.0857. The third-order valence-electron chi connectivity index (χ3n) is 6.86. The molecule has 0 N–H and O–H groups in total. The number of carbonyl (C=O) groups excluding carboxylic acids is 1. The Labute approximate surface area is 191 Å². The normalized spacial score (nSPS) is 19.0. The molecule has 4 rings (SSSR count). The van der Waals surface area contributed by atoms with Gasteiger partial charge in [0.1, 0.15) is 5.72 Å². The van der Waals surface area contributed by atoms with Gasteiger partial charge in [-0.1, -0.05) is 23.8 Å². The van der Waals surface area contributed by atoms with E-state index < -0.39 is 15.7 Å². The van der Waals surface area contributed by atoms with Crippen molar-refractivity contribution in [1.29, 1.82) is 0 Å². The SMILES string of the molecule is Cc1cc(C)c(S(=O)(=O)N2CCOC23CCN(C(=O)c2ccc(C)c(C)c2)CC3)c(C)c1. The van der Waals surface area contributed by atoms with E-state index >= 15 is 0 Å². The predicted molar refractivity (Wildman–Crippen MR) is 124 cm³/mol. The Morgan fingerprint density at radius 3 is 2.09 bits per heavy atom. The van der Waals surface area contributed by atoms with Gasteiger partial charge in [0.25, 0.3) is 5.91 Å². The third kappa shape index (κ3) is 3.87. The van der Waals surface area contributed by atoms with Crippen molar-refractivity contribution in [2.75, 3.05) is 26.2 Å². The van der Waals surface area contributed by atoms with Crippen LogP contribution >= 0.6 is 0 Å². The summed E-state index contributed by atoms with van der Waals surface area (Å²) in [5, 5.41) is 0. The molecule has 0 saturated carbocycles.